The Kier molecular flexibility index (Phi) is 4.49. The summed E-state index contributed by atoms with van der Waals surface area (Å²) in [5, 5.41) is 0. The van der Waals surface area contributed by atoms with E-state index in [1.165, 1.54) is 17.0 Å². The molecule has 1 N–H and O–H groups in total. The highest BCUT2D eigenvalue weighted by Crippen LogP contribution is 2.33. The first-order valence-corrected chi connectivity index (χ1v) is 9.83. The van der Waals surface area contributed by atoms with E-state index in [4.69, 9.17) is 14.5 Å². The normalized spacial score (nSPS) is 16.8. The van der Waals surface area contributed by atoms with E-state index >= 15 is 0 Å². The number of imidazole rings is 1. The fraction of sp³-hybridized carbons (Fsp3) is 0.364. The van der Waals surface area contributed by atoms with Crippen LogP contribution in [0, 0.1) is 5.92 Å². The SMILES string of the molecule is CC(Cc1ccc2c(c1)OCO2)CN1CCc2nc(-c3cccnc3)[nH]c2C1. The molecule has 1 aromatic carbocycles. The van der Waals surface area contributed by atoms with Gasteiger partial charge in [-0.2, -0.15) is 0 Å². The zero-order valence-electron chi connectivity index (χ0n) is 16.0. The Morgan fingerprint density at radius 1 is 1.21 bits per heavy atom. The van der Waals surface area contributed by atoms with Crippen molar-refractivity contribution in [3.05, 3.63) is 59.7 Å². The van der Waals surface area contributed by atoms with Crippen LogP contribution in [0.25, 0.3) is 11.4 Å². The molecule has 0 saturated carbocycles. The number of ether oxygens (including phenoxy) is 2. The quantitative estimate of drug-likeness (QED) is 0.739. The number of H-pyrrole nitrogens is 1. The van der Waals surface area contributed by atoms with Crippen LogP contribution in [0.1, 0.15) is 23.9 Å². The largest absolute Gasteiger partial charge is 0.454 e. The summed E-state index contributed by atoms with van der Waals surface area (Å²) in [6.07, 6.45) is 5.66. The first-order valence-electron chi connectivity index (χ1n) is 9.83. The Labute approximate surface area is 164 Å². The number of rotatable bonds is 5. The van der Waals surface area contributed by atoms with Gasteiger partial charge in [-0.05, 0) is 42.2 Å². The molecule has 1 atom stereocenters. The number of pyridine rings is 1. The predicted molar refractivity (Wildman–Crippen MR) is 106 cm³/mol. The second kappa shape index (κ2) is 7.28. The molecular weight excluding hydrogens is 352 g/mol. The summed E-state index contributed by atoms with van der Waals surface area (Å²) in [6.45, 7) is 5.68. The number of aromatic nitrogens is 3. The van der Waals surface area contributed by atoms with Gasteiger partial charge in [0.15, 0.2) is 11.5 Å². The topological polar surface area (TPSA) is 63.3 Å². The third-order valence-electron chi connectivity index (χ3n) is 5.44. The molecule has 0 aliphatic carbocycles. The van der Waals surface area contributed by atoms with E-state index in [1.807, 2.05) is 24.4 Å². The second-order valence-corrected chi connectivity index (χ2v) is 7.73. The average molecular weight is 376 g/mol. The summed E-state index contributed by atoms with van der Waals surface area (Å²) in [6, 6.07) is 10.3. The highest BCUT2D eigenvalue weighted by Gasteiger charge is 2.22. The molecule has 6 heteroatoms. The molecule has 5 rings (SSSR count). The van der Waals surface area contributed by atoms with E-state index in [-0.39, 0.29) is 0 Å². The fourth-order valence-corrected chi connectivity index (χ4v) is 4.12. The molecule has 0 amide bonds. The minimum absolute atomic E-state index is 0.329. The predicted octanol–water partition coefficient (Wildman–Crippen LogP) is 3.44. The number of benzene rings is 1. The number of aromatic amines is 1. The maximum atomic E-state index is 5.50. The average Bonchev–Trinajstić information content (AvgIpc) is 3.34. The van der Waals surface area contributed by atoms with E-state index in [9.17, 15) is 0 Å². The lowest BCUT2D eigenvalue weighted by Gasteiger charge is -2.28. The molecule has 0 bridgehead atoms. The first kappa shape index (κ1) is 17.3. The van der Waals surface area contributed by atoms with E-state index < -0.39 is 0 Å². The maximum Gasteiger partial charge on any atom is 0.231 e. The third kappa shape index (κ3) is 3.47. The molecule has 0 fully saturated rings. The third-order valence-corrected chi connectivity index (χ3v) is 5.44. The summed E-state index contributed by atoms with van der Waals surface area (Å²) in [5.74, 6) is 3.20. The van der Waals surface area contributed by atoms with Gasteiger partial charge in [-0.3, -0.25) is 9.88 Å². The van der Waals surface area contributed by atoms with Gasteiger partial charge in [0.05, 0.1) is 11.4 Å². The molecule has 2 aromatic heterocycles. The Morgan fingerprint density at radius 2 is 2.14 bits per heavy atom. The molecule has 0 saturated heterocycles. The van der Waals surface area contributed by atoms with E-state index in [2.05, 4.69) is 33.9 Å². The van der Waals surface area contributed by atoms with Gasteiger partial charge in [0, 0.05) is 44.0 Å². The Morgan fingerprint density at radius 3 is 3.04 bits per heavy atom. The van der Waals surface area contributed by atoms with Crippen molar-refractivity contribution in [2.75, 3.05) is 19.9 Å². The van der Waals surface area contributed by atoms with Crippen LogP contribution in [0.5, 0.6) is 11.5 Å². The lowest BCUT2D eigenvalue weighted by molar-refractivity contribution is 0.174. The van der Waals surface area contributed by atoms with Gasteiger partial charge >= 0.3 is 0 Å². The molecule has 0 spiro atoms. The standard InChI is InChI=1S/C22H24N4O2/c1-15(9-16-4-5-20-21(10-16)28-14-27-20)12-26-8-6-18-19(13-26)25-22(24-18)17-3-2-7-23-11-17/h2-5,7,10-11,15H,6,8-9,12-14H2,1H3,(H,24,25). The first-order chi connectivity index (χ1) is 13.7. The number of nitrogens with one attached hydrogen (secondary N) is 1. The molecule has 28 heavy (non-hydrogen) atoms. The van der Waals surface area contributed by atoms with Crippen molar-refractivity contribution in [1.29, 1.82) is 0 Å². The summed E-state index contributed by atoms with van der Waals surface area (Å²) >= 11 is 0. The van der Waals surface area contributed by atoms with Crippen LogP contribution >= 0.6 is 0 Å². The van der Waals surface area contributed by atoms with Crippen molar-refractivity contribution in [3.63, 3.8) is 0 Å². The molecule has 2 aliphatic rings. The van der Waals surface area contributed by atoms with E-state index in [0.717, 1.165) is 55.4 Å². The molecule has 144 valence electrons. The number of hydrogen-bond donors (Lipinski definition) is 1. The summed E-state index contributed by atoms with van der Waals surface area (Å²) < 4.78 is 10.9. The fourth-order valence-electron chi connectivity index (χ4n) is 4.12. The Hall–Kier alpha value is -2.86. The molecule has 4 heterocycles. The molecule has 1 unspecified atom stereocenters. The highest BCUT2D eigenvalue weighted by atomic mass is 16.7. The van der Waals surface area contributed by atoms with Crippen LogP contribution in [0.15, 0.2) is 42.7 Å². The minimum Gasteiger partial charge on any atom is -0.454 e. The Balaban J connectivity index is 1.22. The van der Waals surface area contributed by atoms with Crippen molar-refractivity contribution < 1.29 is 9.47 Å². The van der Waals surface area contributed by atoms with Crippen LogP contribution in [0.3, 0.4) is 0 Å². The molecule has 3 aromatic rings. The van der Waals surface area contributed by atoms with Crippen molar-refractivity contribution in [3.8, 4) is 22.9 Å². The monoisotopic (exact) mass is 376 g/mol. The van der Waals surface area contributed by atoms with Crippen molar-refractivity contribution in [1.82, 2.24) is 19.9 Å². The van der Waals surface area contributed by atoms with Gasteiger partial charge in [-0.1, -0.05) is 13.0 Å². The van der Waals surface area contributed by atoms with Crippen LogP contribution < -0.4 is 9.47 Å². The van der Waals surface area contributed by atoms with E-state index in [1.54, 1.807) is 6.20 Å². The summed E-state index contributed by atoms with van der Waals surface area (Å²) in [5.41, 5.74) is 4.77. The number of hydrogen-bond acceptors (Lipinski definition) is 5. The molecule has 6 nitrogen and oxygen atoms in total. The molecular formula is C22H24N4O2. The van der Waals surface area contributed by atoms with Crippen LogP contribution in [0.2, 0.25) is 0 Å². The Bertz CT molecular complexity index is 970. The second-order valence-electron chi connectivity index (χ2n) is 7.73. The molecule has 0 radical (unpaired) electrons. The van der Waals surface area contributed by atoms with Gasteiger partial charge in [0.2, 0.25) is 6.79 Å². The molecule has 2 aliphatic heterocycles. The van der Waals surface area contributed by atoms with Gasteiger partial charge < -0.3 is 14.5 Å². The lowest BCUT2D eigenvalue weighted by atomic mass is 9.99. The summed E-state index contributed by atoms with van der Waals surface area (Å²) in [4.78, 5) is 15.0. The zero-order chi connectivity index (χ0) is 18.9. The van der Waals surface area contributed by atoms with Gasteiger partial charge in [0.1, 0.15) is 5.82 Å². The van der Waals surface area contributed by atoms with Crippen molar-refractivity contribution in [2.45, 2.75) is 26.3 Å². The van der Waals surface area contributed by atoms with Crippen molar-refractivity contribution in [2.24, 2.45) is 5.92 Å². The van der Waals surface area contributed by atoms with Crippen LogP contribution in [0.4, 0.5) is 0 Å². The highest BCUT2D eigenvalue weighted by molar-refractivity contribution is 5.54. The van der Waals surface area contributed by atoms with Crippen LogP contribution in [-0.4, -0.2) is 39.7 Å². The maximum absolute atomic E-state index is 5.50. The van der Waals surface area contributed by atoms with Crippen molar-refractivity contribution >= 4 is 0 Å². The van der Waals surface area contributed by atoms with Gasteiger partial charge in [-0.15, -0.1) is 0 Å². The lowest BCUT2D eigenvalue weighted by Crippen LogP contribution is -2.34. The van der Waals surface area contributed by atoms with Gasteiger partial charge in [0.25, 0.3) is 0 Å². The zero-order valence-corrected chi connectivity index (χ0v) is 16.0. The smallest absolute Gasteiger partial charge is 0.231 e. The number of nitrogens with zero attached hydrogens (tertiary/aromatic N) is 3. The van der Waals surface area contributed by atoms with Crippen LogP contribution in [-0.2, 0) is 19.4 Å². The summed E-state index contributed by atoms with van der Waals surface area (Å²) in [7, 11) is 0. The van der Waals surface area contributed by atoms with Gasteiger partial charge in [-0.25, -0.2) is 4.98 Å². The number of fused-ring (bicyclic) bond motifs is 2. The minimum atomic E-state index is 0.329. The van der Waals surface area contributed by atoms with E-state index in [0.29, 0.717) is 12.7 Å².